The third-order valence-electron chi connectivity index (χ3n) is 4.55. The van der Waals surface area contributed by atoms with Gasteiger partial charge in [-0.25, -0.2) is 0 Å². The fourth-order valence-corrected chi connectivity index (χ4v) is 3.10. The first-order chi connectivity index (χ1) is 12.1. The van der Waals surface area contributed by atoms with Crippen LogP contribution in [0.3, 0.4) is 0 Å². The normalized spacial score (nSPS) is 22.3. The first kappa shape index (κ1) is 17.0. The highest BCUT2D eigenvalue weighted by Gasteiger charge is 2.21. The Morgan fingerprint density at radius 3 is 2.72 bits per heavy atom. The molecule has 1 aliphatic carbocycles. The standard InChI is InChI=1S/C19H22N4O2/c20-18-15(19(21)25)7-8-17(24)16(18)11-23-14-5-3-12(4-6-14)13-2-1-9-22-10-13/h3-8,11,13,20,22-24H,1-2,9-10H2,(H2,21,25)/b16-11-,20-18?/t13-/m1/s1. The molecule has 3 rings (SSSR count). The smallest absolute Gasteiger partial charge is 0.250 e. The number of primary amides is 1. The molecule has 0 spiro atoms. The Morgan fingerprint density at radius 2 is 2.08 bits per heavy atom. The van der Waals surface area contributed by atoms with Gasteiger partial charge in [0.15, 0.2) is 0 Å². The summed E-state index contributed by atoms with van der Waals surface area (Å²) in [6.07, 6.45) is 6.62. The predicted molar refractivity (Wildman–Crippen MR) is 98.7 cm³/mol. The van der Waals surface area contributed by atoms with Crippen LogP contribution in [0.15, 0.2) is 59.5 Å². The van der Waals surface area contributed by atoms with Crippen molar-refractivity contribution in [2.75, 3.05) is 18.4 Å². The van der Waals surface area contributed by atoms with Gasteiger partial charge in [0.1, 0.15) is 5.76 Å². The van der Waals surface area contributed by atoms with Crippen LogP contribution in [0, 0.1) is 5.41 Å². The van der Waals surface area contributed by atoms with Crippen molar-refractivity contribution in [3.8, 4) is 0 Å². The van der Waals surface area contributed by atoms with Gasteiger partial charge in [0.05, 0.1) is 16.9 Å². The van der Waals surface area contributed by atoms with Gasteiger partial charge in [-0.2, -0.15) is 0 Å². The van der Waals surface area contributed by atoms with Crippen molar-refractivity contribution in [2.45, 2.75) is 18.8 Å². The third-order valence-corrected chi connectivity index (χ3v) is 4.55. The van der Waals surface area contributed by atoms with Crippen molar-refractivity contribution >= 4 is 17.3 Å². The molecule has 1 fully saturated rings. The first-order valence-corrected chi connectivity index (χ1v) is 8.34. The number of aliphatic hydroxyl groups is 1. The van der Waals surface area contributed by atoms with Gasteiger partial charge in [0, 0.05) is 18.4 Å². The van der Waals surface area contributed by atoms with Crippen LogP contribution < -0.4 is 16.4 Å². The monoisotopic (exact) mass is 338 g/mol. The number of nitrogens with one attached hydrogen (secondary N) is 3. The van der Waals surface area contributed by atoms with E-state index in [9.17, 15) is 9.90 Å². The van der Waals surface area contributed by atoms with E-state index in [0.717, 1.165) is 18.8 Å². The Kier molecular flexibility index (Phi) is 5.00. The molecule has 130 valence electrons. The molecule has 6 nitrogen and oxygen atoms in total. The van der Waals surface area contributed by atoms with Crippen LogP contribution in [-0.4, -0.2) is 29.8 Å². The van der Waals surface area contributed by atoms with Crippen LogP contribution in [0.2, 0.25) is 0 Å². The zero-order chi connectivity index (χ0) is 17.8. The molecule has 25 heavy (non-hydrogen) atoms. The lowest BCUT2D eigenvalue weighted by atomic mass is 9.91. The van der Waals surface area contributed by atoms with Gasteiger partial charge in [-0.3, -0.25) is 10.2 Å². The number of benzene rings is 1. The summed E-state index contributed by atoms with van der Waals surface area (Å²) in [4.78, 5) is 11.3. The van der Waals surface area contributed by atoms with E-state index in [0.29, 0.717) is 5.92 Å². The minimum absolute atomic E-state index is 0.0750. The van der Waals surface area contributed by atoms with Crippen LogP contribution in [0.5, 0.6) is 0 Å². The van der Waals surface area contributed by atoms with E-state index in [1.54, 1.807) is 0 Å². The van der Waals surface area contributed by atoms with Crippen molar-refractivity contribution in [1.29, 1.82) is 5.41 Å². The molecule has 0 bridgehead atoms. The predicted octanol–water partition coefficient (Wildman–Crippen LogP) is 2.34. The summed E-state index contributed by atoms with van der Waals surface area (Å²) in [7, 11) is 0. The highest BCUT2D eigenvalue weighted by atomic mass is 16.3. The maximum Gasteiger partial charge on any atom is 0.250 e. The van der Waals surface area contributed by atoms with Gasteiger partial charge < -0.3 is 21.5 Å². The van der Waals surface area contributed by atoms with Crippen LogP contribution in [0.4, 0.5) is 5.69 Å². The molecular formula is C19H22N4O2. The van der Waals surface area contributed by atoms with Crippen LogP contribution in [-0.2, 0) is 4.79 Å². The van der Waals surface area contributed by atoms with Gasteiger partial charge in [-0.05, 0) is 55.2 Å². The molecular weight excluding hydrogens is 316 g/mol. The van der Waals surface area contributed by atoms with Gasteiger partial charge in [-0.1, -0.05) is 12.1 Å². The Hall–Kier alpha value is -2.86. The van der Waals surface area contributed by atoms with Crippen LogP contribution in [0.25, 0.3) is 0 Å². The minimum Gasteiger partial charge on any atom is -0.507 e. The molecule has 6 N–H and O–H groups in total. The van der Waals surface area contributed by atoms with E-state index in [1.807, 2.05) is 12.1 Å². The fourth-order valence-electron chi connectivity index (χ4n) is 3.10. The van der Waals surface area contributed by atoms with Crippen molar-refractivity contribution < 1.29 is 9.90 Å². The molecule has 0 radical (unpaired) electrons. The second-order valence-corrected chi connectivity index (χ2v) is 6.24. The minimum atomic E-state index is -0.690. The fraction of sp³-hybridized carbons (Fsp3) is 0.263. The number of hydrogen-bond donors (Lipinski definition) is 5. The summed E-state index contributed by atoms with van der Waals surface area (Å²) in [5.74, 6) is -0.222. The lowest BCUT2D eigenvalue weighted by Gasteiger charge is -2.23. The molecule has 1 saturated heterocycles. The maximum absolute atomic E-state index is 11.3. The molecule has 1 atom stereocenters. The van der Waals surface area contributed by atoms with Gasteiger partial charge >= 0.3 is 0 Å². The van der Waals surface area contributed by atoms with Crippen LogP contribution >= 0.6 is 0 Å². The molecule has 1 amide bonds. The highest BCUT2D eigenvalue weighted by molar-refractivity contribution is 6.28. The summed E-state index contributed by atoms with van der Waals surface area (Å²) in [6.45, 7) is 2.10. The Bertz CT molecular complexity index is 769. The average molecular weight is 338 g/mol. The van der Waals surface area contributed by atoms with Crippen molar-refractivity contribution in [3.05, 3.63) is 65.1 Å². The third kappa shape index (κ3) is 3.80. The SMILES string of the molecule is N=C1C(C(N)=O)=CC=C(O)/C1=C/Nc1ccc([C@@H]2CCCNC2)cc1. The number of aliphatic hydroxyl groups excluding tert-OH is 1. The highest BCUT2D eigenvalue weighted by Crippen LogP contribution is 2.25. The molecule has 1 aromatic rings. The molecule has 1 aromatic carbocycles. The number of rotatable bonds is 4. The van der Waals surface area contributed by atoms with Crippen molar-refractivity contribution in [3.63, 3.8) is 0 Å². The molecule has 0 aromatic heterocycles. The molecule has 0 saturated carbocycles. The number of carbonyl (C=O) groups excluding carboxylic acids is 1. The first-order valence-electron chi connectivity index (χ1n) is 8.34. The Labute approximate surface area is 146 Å². The second-order valence-electron chi connectivity index (χ2n) is 6.24. The largest absolute Gasteiger partial charge is 0.507 e. The second kappa shape index (κ2) is 7.36. The quantitative estimate of drug-likeness (QED) is 0.580. The number of piperidine rings is 1. The summed E-state index contributed by atoms with van der Waals surface area (Å²) < 4.78 is 0. The molecule has 0 unspecified atom stereocenters. The number of carbonyl (C=O) groups is 1. The lowest BCUT2D eigenvalue weighted by Crippen LogP contribution is -2.28. The van der Waals surface area contributed by atoms with E-state index < -0.39 is 5.91 Å². The van der Waals surface area contributed by atoms with Gasteiger partial charge in [-0.15, -0.1) is 0 Å². The summed E-state index contributed by atoms with van der Waals surface area (Å²) in [5.41, 5.74) is 7.61. The summed E-state index contributed by atoms with van der Waals surface area (Å²) in [6, 6.07) is 8.13. The van der Waals surface area contributed by atoms with E-state index in [1.165, 1.54) is 36.8 Å². The Morgan fingerprint density at radius 1 is 1.32 bits per heavy atom. The summed E-state index contributed by atoms with van der Waals surface area (Å²) in [5, 5.41) is 24.4. The number of hydrogen-bond acceptors (Lipinski definition) is 5. The molecule has 2 aliphatic rings. The topological polar surface area (TPSA) is 111 Å². The van der Waals surface area contributed by atoms with Crippen LogP contribution in [0.1, 0.15) is 24.3 Å². The van der Waals surface area contributed by atoms with Crippen molar-refractivity contribution in [2.24, 2.45) is 5.73 Å². The zero-order valence-electron chi connectivity index (χ0n) is 13.9. The molecule has 1 aliphatic heterocycles. The van der Waals surface area contributed by atoms with Crippen molar-refractivity contribution in [1.82, 2.24) is 5.32 Å². The molecule has 6 heteroatoms. The average Bonchev–Trinajstić information content (AvgIpc) is 2.62. The van der Waals surface area contributed by atoms with E-state index >= 15 is 0 Å². The zero-order valence-corrected chi connectivity index (χ0v) is 13.9. The van der Waals surface area contributed by atoms with E-state index in [2.05, 4.69) is 22.8 Å². The summed E-state index contributed by atoms with van der Waals surface area (Å²) >= 11 is 0. The number of amides is 1. The maximum atomic E-state index is 11.3. The van der Waals surface area contributed by atoms with E-state index in [4.69, 9.17) is 11.1 Å². The molecule has 1 heterocycles. The number of nitrogens with two attached hydrogens (primary N) is 1. The van der Waals surface area contributed by atoms with Gasteiger partial charge in [0.25, 0.3) is 5.91 Å². The lowest BCUT2D eigenvalue weighted by molar-refractivity contribution is -0.114. The number of anilines is 1. The van der Waals surface area contributed by atoms with Gasteiger partial charge in [0.2, 0.25) is 0 Å². The Balaban J connectivity index is 1.71. The number of allylic oxidation sites excluding steroid dienone is 3. The van der Waals surface area contributed by atoms with E-state index in [-0.39, 0.29) is 22.6 Å².